The number of nitrogens with zero attached hydrogens (tertiary/aromatic N) is 1. The largest absolute Gasteiger partial charge is 0.377 e. The van der Waals surface area contributed by atoms with Crippen LogP contribution >= 0.6 is 23.2 Å². The lowest BCUT2D eigenvalue weighted by atomic mass is 10.0. The highest BCUT2D eigenvalue weighted by Crippen LogP contribution is 2.39. The first-order valence-corrected chi connectivity index (χ1v) is 6.18. The van der Waals surface area contributed by atoms with Gasteiger partial charge in [0.2, 0.25) is 0 Å². The van der Waals surface area contributed by atoms with Gasteiger partial charge in [-0.05, 0) is 18.2 Å². The van der Waals surface area contributed by atoms with Crippen molar-refractivity contribution < 1.29 is 4.39 Å². The Morgan fingerprint density at radius 2 is 1.67 bits per heavy atom. The van der Waals surface area contributed by atoms with E-state index in [0.29, 0.717) is 21.2 Å². The third kappa shape index (κ3) is 2.31. The van der Waals surface area contributed by atoms with Gasteiger partial charge in [0, 0.05) is 30.9 Å². The maximum atomic E-state index is 14.1. The van der Waals surface area contributed by atoms with Gasteiger partial charge in [-0.15, -0.1) is 0 Å². The van der Waals surface area contributed by atoms with Gasteiger partial charge in [-0.3, -0.25) is 0 Å². The predicted molar refractivity (Wildman–Crippen MR) is 76.2 cm³/mol. The first-order chi connectivity index (χ1) is 8.52. The quantitative estimate of drug-likeness (QED) is 0.760. The molecule has 0 amide bonds. The van der Waals surface area contributed by atoms with Crippen molar-refractivity contribution in [3.05, 3.63) is 52.3 Å². The normalized spacial score (nSPS) is 10.5. The first-order valence-electron chi connectivity index (χ1n) is 5.42. The topological polar surface area (TPSA) is 3.24 Å². The highest BCUT2D eigenvalue weighted by Gasteiger charge is 2.16. The van der Waals surface area contributed by atoms with E-state index < -0.39 is 0 Å². The molecule has 0 aliphatic heterocycles. The Kier molecular flexibility index (Phi) is 3.79. The van der Waals surface area contributed by atoms with E-state index in [4.69, 9.17) is 23.2 Å². The number of hydrogen-bond acceptors (Lipinski definition) is 1. The molecule has 0 unspecified atom stereocenters. The summed E-state index contributed by atoms with van der Waals surface area (Å²) in [5.74, 6) is -0.314. The van der Waals surface area contributed by atoms with Crippen molar-refractivity contribution in [1.29, 1.82) is 0 Å². The zero-order valence-electron chi connectivity index (χ0n) is 10.0. The molecule has 0 heterocycles. The molecule has 0 aliphatic rings. The van der Waals surface area contributed by atoms with Crippen LogP contribution in [0.3, 0.4) is 0 Å². The van der Waals surface area contributed by atoms with Crippen molar-refractivity contribution >= 4 is 28.9 Å². The van der Waals surface area contributed by atoms with Gasteiger partial charge in [0.25, 0.3) is 0 Å². The summed E-state index contributed by atoms with van der Waals surface area (Å²) < 4.78 is 14.1. The van der Waals surface area contributed by atoms with Crippen LogP contribution in [0.2, 0.25) is 10.0 Å². The number of benzene rings is 2. The summed E-state index contributed by atoms with van der Waals surface area (Å²) in [5.41, 5.74) is 1.83. The number of halogens is 3. The van der Waals surface area contributed by atoms with Crippen molar-refractivity contribution in [3.63, 3.8) is 0 Å². The van der Waals surface area contributed by atoms with Gasteiger partial charge in [0.05, 0.1) is 10.0 Å². The molecule has 0 saturated heterocycles. The lowest BCUT2D eigenvalue weighted by Crippen LogP contribution is -2.10. The molecule has 2 aromatic carbocycles. The van der Waals surface area contributed by atoms with Crippen LogP contribution in [0.25, 0.3) is 11.1 Å². The molecule has 2 aromatic rings. The minimum atomic E-state index is -0.314. The highest BCUT2D eigenvalue weighted by molar-refractivity contribution is 6.43. The van der Waals surface area contributed by atoms with Crippen LogP contribution in [0.15, 0.2) is 36.4 Å². The fourth-order valence-electron chi connectivity index (χ4n) is 1.85. The molecule has 0 saturated carbocycles. The Morgan fingerprint density at radius 1 is 1.00 bits per heavy atom. The fourth-order valence-corrected chi connectivity index (χ4v) is 2.24. The molecule has 1 nitrogen and oxygen atoms in total. The summed E-state index contributed by atoms with van der Waals surface area (Å²) in [7, 11) is 3.72. The molecule has 0 radical (unpaired) electrons. The van der Waals surface area contributed by atoms with Crippen LogP contribution < -0.4 is 4.90 Å². The molecule has 0 fully saturated rings. The molecule has 0 aliphatic carbocycles. The summed E-state index contributed by atoms with van der Waals surface area (Å²) in [6.07, 6.45) is 0. The van der Waals surface area contributed by atoms with E-state index >= 15 is 0 Å². The second kappa shape index (κ2) is 5.17. The number of hydrogen-bond donors (Lipinski definition) is 0. The maximum absolute atomic E-state index is 14.1. The number of anilines is 1. The van der Waals surface area contributed by atoms with Gasteiger partial charge in [-0.2, -0.15) is 0 Å². The zero-order valence-corrected chi connectivity index (χ0v) is 11.6. The first kappa shape index (κ1) is 13.2. The highest BCUT2D eigenvalue weighted by atomic mass is 35.5. The minimum Gasteiger partial charge on any atom is -0.377 e. The molecule has 0 spiro atoms. The summed E-state index contributed by atoms with van der Waals surface area (Å²) >= 11 is 12.1. The van der Waals surface area contributed by atoms with E-state index in [1.165, 1.54) is 6.07 Å². The second-order valence-corrected chi connectivity index (χ2v) is 4.91. The predicted octanol–water partition coefficient (Wildman–Crippen LogP) is 4.87. The summed E-state index contributed by atoms with van der Waals surface area (Å²) in [5, 5.41) is 0.787. The molecule has 0 N–H and O–H groups in total. The SMILES string of the molecule is CN(C)c1cccc(F)c1-c1cccc(Cl)c1Cl. The second-order valence-electron chi connectivity index (χ2n) is 4.13. The van der Waals surface area contributed by atoms with Crippen LogP contribution in [-0.4, -0.2) is 14.1 Å². The molecular formula is C14H12Cl2FN. The van der Waals surface area contributed by atoms with Crippen LogP contribution in [0.1, 0.15) is 0 Å². The third-order valence-corrected chi connectivity index (χ3v) is 3.51. The van der Waals surface area contributed by atoms with Crippen molar-refractivity contribution in [2.45, 2.75) is 0 Å². The molecule has 0 aromatic heterocycles. The van der Waals surface area contributed by atoms with Crippen LogP contribution in [-0.2, 0) is 0 Å². The summed E-state index contributed by atoms with van der Waals surface area (Å²) in [4.78, 5) is 1.84. The average molecular weight is 284 g/mol. The van der Waals surface area contributed by atoms with Crippen LogP contribution in [0, 0.1) is 5.82 Å². The molecule has 0 atom stereocenters. The number of rotatable bonds is 2. The summed E-state index contributed by atoms with van der Waals surface area (Å²) in [6, 6.07) is 10.1. The molecule has 94 valence electrons. The van der Waals surface area contributed by atoms with Crippen molar-refractivity contribution in [1.82, 2.24) is 0 Å². The van der Waals surface area contributed by atoms with Crippen molar-refractivity contribution in [2.24, 2.45) is 0 Å². The Bertz CT molecular complexity index is 582. The Hall–Kier alpha value is -1.25. The monoisotopic (exact) mass is 283 g/mol. The van der Waals surface area contributed by atoms with E-state index in [0.717, 1.165) is 5.69 Å². The Balaban J connectivity index is 2.74. The van der Waals surface area contributed by atoms with E-state index in [1.807, 2.05) is 25.1 Å². The molecule has 2 rings (SSSR count). The van der Waals surface area contributed by atoms with E-state index in [9.17, 15) is 4.39 Å². The van der Waals surface area contributed by atoms with Crippen LogP contribution in [0.4, 0.5) is 10.1 Å². The third-order valence-electron chi connectivity index (χ3n) is 2.69. The summed E-state index contributed by atoms with van der Waals surface area (Å²) in [6.45, 7) is 0. The van der Waals surface area contributed by atoms with E-state index in [1.54, 1.807) is 24.3 Å². The average Bonchev–Trinajstić information content (AvgIpc) is 2.33. The van der Waals surface area contributed by atoms with Gasteiger partial charge in [-0.1, -0.05) is 41.4 Å². The molecular weight excluding hydrogens is 272 g/mol. The fraction of sp³-hybridized carbons (Fsp3) is 0.143. The van der Waals surface area contributed by atoms with E-state index in [-0.39, 0.29) is 5.82 Å². The van der Waals surface area contributed by atoms with Gasteiger partial charge < -0.3 is 4.90 Å². The molecule has 18 heavy (non-hydrogen) atoms. The van der Waals surface area contributed by atoms with Gasteiger partial charge in [0.15, 0.2) is 0 Å². The lowest BCUT2D eigenvalue weighted by Gasteiger charge is -2.19. The van der Waals surface area contributed by atoms with Gasteiger partial charge in [0.1, 0.15) is 5.82 Å². The van der Waals surface area contributed by atoms with Crippen molar-refractivity contribution in [3.8, 4) is 11.1 Å². The molecule has 4 heteroatoms. The smallest absolute Gasteiger partial charge is 0.133 e. The van der Waals surface area contributed by atoms with Gasteiger partial charge >= 0.3 is 0 Å². The molecule has 0 bridgehead atoms. The standard InChI is InChI=1S/C14H12Cl2FN/c1-18(2)12-8-4-7-11(17)13(12)9-5-3-6-10(15)14(9)16/h3-8H,1-2H3. The maximum Gasteiger partial charge on any atom is 0.133 e. The lowest BCUT2D eigenvalue weighted by molar-refractivity contribution is 0.631. The minimum absolute atomic E-state index is 0.314. The van der Waals surface area contributed by atoms with Gasteiger partial charge in [-0.25, -0.2) is 4.39 Å². The Labute approximate surface area is 116 Å². The Morgan fingerprint density at radius 3 is 2.33 bits per heavy atom. The van der Waals surface area contributed by atoms with Crippen molar-refractivity contribution in [2.75, 3.05) is 19.0 Å². The van der Waals surface area contributed by atoms with E-state index in [2.05, 4.69) is 0 Å². The zero-order chi connectivity index (χ0) is 13.3. The van der Waals surface area contributed by atoms with Crippen LogP contribution in [0.5, 0.6) is 0 Å².